The Morgan fingerprint density at radius 3 is 2.85 bits per heavy atom. The Kier molecular flexibility index (Phi) is 4.06. The molecule has 1 unspecified atom stereocenters. The summed E-state index contributed by atoms with van der Waals surface area (Å²) in [5, 5.41) is 0. The van der Waals surface area contributed by atoms with Gasteiger partial charge in [0, 0.05) is 12.6 Å². The molecule has 1 aromatic carbocycles. The lowest BCUT2D eigenvalue weighted by Gasteiger charge is -2.25. The number of rotatable bonds is 3. The van der Waals surface area contributed by atoms with Crippen LogP contribution in [0.15, 0.2) is 30.3 Å². The highest BCUT2D eigenvalue weighted by Crippen LogP contribution is 2.32. The first-order chi connectivity index (χ1) is 12.5. The van der Waals surface area contributed by atoms with Gasteiger partial charge in [-0.25, -0.2) is 15.0 Å². The van der Waals surface area contributed by atoms with Gasteiger partial charge in [-0.3, -0.25) is 4.79 Å². The Labute approximate surface area is 151 Å². The van der Waals surface area contributed by atoms with Crippen molar-refractivity contribution in [2.24, 2.45) is 0 Å². The van der Waals surface area contributed by atoms with Gasteiger partial charge in [-0.15, -0.1) is 0 Å². The van der Waals surface area contributed by atoms with Crippen LogP contribution in [0.25, 0.3) is 11.0 Å². The van der Waals surface area contributed by atoms with E-state index in [0.29, 0.717) is 11.6 Å². The lowest BCUT2D eigenvalue weighted by Crippen LogP contribution is -2.34. The van der Waals surface area contributed by atoms with Crippen LogP contribution in [0.3, 0.4) is 0 Å². The fourth-order valence-corrected chi connectivity index (χ4v) is 3.78. The van der Waals surface area contributed by atoms with E-state index in [9.17, 15) is 4.79 Å². The van der Waals surface area contributed by atoms with Crippen molar-refractivity contribution in [1.29, 1.82) is 0 Å². The molecular weight excluding hydrogens is 328 g/mol. The number of nitrogens with zero attached hydrogens (tertiary/aromatic N) is 5. The maximum atomic E-state index is 13.1. The molecule has 1 aliphatic rings. The van der Waals surface area contributed by atoms with Gasteiger partial charge in [-0.2, -0.15) is 0 Å². The number of imidazole rings is 1. The zero-order chi connectivity index (χ0) is 18.3. The molecule has 2 N–H and O–H groups in total. The minimum Gasteiger partial charge on any atom is -0.384 e. The minimum absolute atomic E-state index is 0.0402. The molecule has 134 valence electrons. The normalized spacial score (nSPS) is 17.2. The van der Waals surface area contributed by atoms with Crippen LogP contribution >= 0.6 is 0 Å². The molecule has 0 saturated carbocycles. The average molecular weight is 350 g/mol. The molecule has 1 amide bonds. The van der Waals surface area contributed by atoms with E-state index in [1.165, 1.54) is 0 Å². The predicted molar refractivity (Wildman–Crippen MR) is 99.3 cm³/mol. The third-order valence-electron chi connectivity index (χ3n) is 4.93. The number of hydrogen-bond donors (Lipinski definition) is 1. The first-order valence-corrected chi connectivity index (χ1v) is 8.85. The molecule has 2 aromatic heterocycles. The largest absolute Gasteiger partial charge is 0.384 e. The summed E-state index contributed by atoms with van der Waals surface area (Å²) in [4.78, 5) is 28.2. The number of fused-ring (bicyclic) bond motifs is 1. The molecule has 26 heavy (non-hydrogen) atoms. The standard InChI is InChI=1S/C19H22N6O/c1-12-21-15(10-18(20)22-12)17-8-5-9-24(17)19(26)11-25-13(2)23-14-6-3-4-7-16(14)25/h3-4,6-7,10,17H,5,8-9,11H2,1-2H3,(H2,20,21,22). The molecular formula is C19H22N6O. The quantitative estimate of drug-likeness (QED) is 0.783. The average Bonchev–Trinajstić information content (AvgIpc) is 3.19. The predicted octanol–water partition coefficient (Wildman–Crippen LogP) is 2.39. The molecule has 7 heteroatoms. The number of aryl methyl sites for hydroxylation is 2. The molecule has 0 bridgehead atoms. The zero-order valence-electron chi connectivity index (χ0n) is 15.0. The number of carbonyl (C=O) groups is 1. The smallest absolute Gasteiger partial charge is 0.243 e. The lowest BCUT2D eigenvalue weighted by atomic mass is 10.1. The third-order valence-corrected chi connectivity index (χ3v) is 4.93. The molecule has 3 heterocycles. The minimum atomic E-state index is -0.0402. The number of likely N-dealkylation sites (tertiary alicyclic amines) is 1. The first-order valence-electron chi connectivity index (χ1n) is 8.85. The van der Waals surface area contributed by atoms with Crippen LogP contribution in [0.4, 0.5) is 5.82 Å². The number of benzene rings is 1. The molecule has 1 aliphatic heterocycles. The van der Waals surface area contributed by atoms with Gasteiger partial charge in [-0.1, -0.05) is 12.1 Å². The van der Waals surface area contributed by atoms with Crippen LogP contribution in [-0.4, -0.2) is 36.9 Å². The number of nitrogen functional groups attached to an aromatic ring is 1. The number of carbonyl (C=O) groups excluding carboxylic acids is 1. The number of amides is 1. The Morgan fingerprint density at radius 1 is 1.23 bits per heavy atom. The van der Waals surface area contributed by atoms with Crippen molar-refractivity contribution in [3.63, 3.8) is 0 Å². The van der Waals surface area contributed by atoms with Crippen LogP contribution in [-0.2, 0) is 11.3 Å². The second-order valence-electron chi connectivity index (χ2n) is 6.74. The van der Waals surface area contributed by atoms with Crippen LogP contribution in [0.1, 0.15) is 36.2 Å². The topological polar surface area (TPSA) is 89.9 Å². The van der Waals surface area contributed by atoms with E-state index in [4.69, 9.17) is 5.73 Å². The van der Waals surface area contributed by atoms with E-state index < -0.39 is 0 Å². The van der Waals surface area contributed by atoms with E-state index in [-0.39, 0.29) is 18.5 Å². The monoisotopic (exact) mass is 350 g/mol. The maximum absolute atomic E-state index is 13.1. The highest BCUT2D eigenvalue weighted by Gasteiger charge is 2.31. The number of anilines is 1. The van der Waals surface area contributed by atoms with Crippen molar-refractivity contribution < 1.29 is 4.79 Å². The molecule has 1 saturated heterocycles. The Hall–Kier alpha value is -2.96. The van der Waals surface area contributed by atoms with Crippen molar-refractivity contribution in [2.45, 2.75) is 39.3 Å². The molecule has 7 nitrogen and oxygen atoms in total. The van der Waals surface area contributed by atoms with E-state index in [0.717, 1.165) is 41.9 Å². The molecule has 0 spiro atoms. The van der Waals surface area contributed by atoms with Crippen LogP contribution in [0.2, 0.25) is 0 Å². The van der Waals surface area contributed by atoms with E-state index >= 15 is 0 Å². The van der Waals surface area contributed by atoms with Crippen LogP contribution in [0, 0.1) is 13.8 Å². The van der Waals surface area contributed by atoms with Crippen molar-refractivity contribution in [1.82, 2.24) is 24.4 Å². The lowest BCUT2D eigenvalue weighted by molar-refractivity contribution is -0.132. The summed E-state index contributed by atoms with van der Waals surface area (Å²) in [6.45, 7) is 4.77. The van der Waals surface area contributed by atoms with Gasteiger partial charge in [0.05, 0.1) is 22.8 Å². The van der Waals surface area contributed by atoms with Crippen molar-refractivity contribution in [2.75, 3.05) is 12.3 Å². The summed E-state index contributed by atoms with van der Waals surface area (Å²) >= 11 is 0. The van der Waals surface area contributed by atoms with E-state index in [1.54, 1.807) is 6.07 Å². The van der Waals surface area contributed by atoms with Gasteiger partial charge in [0.2, 0.25) is 5.91 Å². The fraction of sp³-hybridized carbons (Fsp3) is 0.368. The summed E-state index contributed by atoms with van der Waals surface area (Å²) in [7, 11) is 0. The van der Waals surface area contributed by atoms with E-state index in [2.05, 4.69) is 15.0 Å². The van der Waals surface area contributed by atoms with Gasteiger partial charge in [0.25, 0.3) is 0 Å². The fourth-order valence-electron chi connectivity index (χ4n) is 3.78. The van der Waals surface area contributed by atoms with Gasteiger partial charge >= 0.3 is 0 Å². The summed E-state index contributed by atoms with van der Waals surface area (Å²) in [6.07, 6.45) is 1.86. The van der Waals surface area contributed by atoms with E-state index in [1.807, 2.05) is 47.6 Å². The molecule has 3 aromatic rings. The van der Waals surface area contributed by atoms with Gasteiger partial charge in [0.1, 0.15) is 24.0 Å². The second-order valence-corrected chi connectivity index (χ2v) is 6.74. The van der Waals surface area contributed by atoms with Crippen molar-refractivity contribution in [3.05, 3.63) is 47.7 Å². The highest BCUT2D eigenvalue weighted by atomic mass is 16.2. The summed E-state index contributed by atoms with van der Waals surface area (Å²) in [5.74, 6) is 2.00. The van der Waals surface area contributed by atoms with Gasteiger partial charge in [-0.05, 0) is 38.8 Å². The summed E-state index contributed by atoms with van der Waals surface area (Å²) < 4.78 is 1.98. The Bertz CT molecular complexity index is 959. The first kappa shape index (κ1) is 16.5. The van der Waals surface area contributed by atoms with Gasteiger partial charge in [0.15, 0.2) is 0 Å². The van der Waals surface area contributed by atoms with Crippen molar-refractivity contribution in [3.8, 4) is 0 Å². The second kappa shape index (κ2) is 6.40. The number of aromatic nitrogens is 4. The van der Waals surface area contributed by atoms with Crippen LogP contribution < -0.4 is 5.73 Å². The zero-order valence-corrected chi connectivity index (χ0v) is 15.0. The summed E-state index contributed by atoms with van der Waals surface area (Å²) in [6, 6.07) is 9.63. The number of para-hydroxylation sites is 2. The molecule has 4 rings (SSSR count). The Morgan fingerprint density at radius 2 is 2.04 bits per heavy atom. The highest BCUT2D eigenvalue weighted by molar-refractivity contribution is 5.81. The molecule has 0 aliphatic carbocycles. The molecule has 1 atom stereocenters. The maximum Gasteiger partial charge on any atom is 0.243 e. The van der Waals surface area contributed by atoms with Crippen LogP contribution in [0.5, 0.6) is 0 Å². The SMILES string of the molecule is Cc1nc(N)cc(C2CCCN2C(=O)Cn2c(C)nc3ccccc32)n1. The van der Waals surface area contributed by atoms with Crippen molar-refractivity contribution >= 4 is 22.8 Å². The Balaban J connectivity index is 1.61. The molecule has 1 fully saturated rings. The molecule has 0 radical (unpaired) electrons. The van der Waals surface area contributed by atoms with Gasteiger partial charge < -0.3 is 15.2 Å². The summed E-state index contributed by atoms with van der Waals surface area (Å²) in [5.41, 5.74) is 8.59. The third kappa shape index (κ3) is 2.89. The number of nitrogens with two attached hydrogens (primary N) is 1. The number of hydrogen-bond acceptors (Lipinski definition) is 5.